The summed E-state index contributed by atoms with van der Waals surface area (Å²) >= 11 is 0. The van der Waals surface area contributed by atoms with Crippen LogP contribution in [0, 0.1) is 0 Å². The molecule has 2 aromatic rings. The summed E-state index contributed by atoms with van der Waals surface area (Å²) in [4.78, 5) is 28.5. The fraction of sp³-hybridized carbons (Fsp3) is 0.474. The van der Waals surface area contributed by atoms with Crippen molar-refractivity contribution in [3.8, 4) is 0 Å². The highest BCUT2D eigenvalue weighted by Gasteiger charge is 2.32. The third-order valence-corrected chi connectivity index (χ3v) is 4.54. The first-order chi connectivity index (χ1) is 12.1. The summed E-state index contributed by atoms with van der Waals surface area (Å²) in [5.74, 6) is -0.380. The monoisotopic (exact) mass is 344 g/mol. The highest BCUT2D eigenvalue weighted by atomic mass is 16.2. The first kappa shape index (κ1) is 19.0. The Labute approximate surface area is 148 Å². The topological polar surface area (TPSA) is 91.2 Å². The quantitative estimate of drug-likeness (QED) is 0.772. The number of hydrogen-bond acceptors (Lipinski definition) is 3. The van der Waals surface area contributed by atoms with Crippen molar-refractivity contribution in [3.63, 3.8) is 0 Å². The molecule has 0 spiro atoms. The average molecular weight is 344 g/mol. The lowest BCUT2D eigenvalue weighted by Gasteiger charge is -2.22. The second-order valence-corrected chi connectivity index (χ2v) is 6.21. The molecule has 0 bridgehead atoms. The summed E-state index contributed by atoms with van der Waals surface area (Å²) < 4.78 is 0. The maximum Gasteiger partial charge on any atom is 0.240 e. The van der Waals surface area contributed by atoms with E-state index in [0.29, 0.717) is 25.8 Å². The number of fused-ring (bicyclic) bond motifs is 1. The molecule has 4 N–H and O–H groups in total. The molecule has 2 amide bonds. The molecule has 3 rings (SSSR count). The largest absolute Gasteiger partial charge is 0.368 e. The average Bonchev–Trinajstić information content (AvgIpc) is 3.27. The normalized spacial score (nSPS) is 16.6. The van der Waals surface area contributed by atoms with Gasteiger partial charge in [-0.25, -0.2) is 0 Å². The molecule has 0 radical (unpaired) electrons. The number of nitrogens with two attached hydrogens (primary N) is 1. The molecule has 1 aromatic heterocycles. The number of para-hydroxylation sites is 1. The van der Waals surface area contributed by atoms with Gasteiger partial charge in [0, 0.05) is 30.1 Å². The molecule has 2 heterocycles. The van der Waals surface area contributed by atoms with E-state index in [2.05, 4.69) is 17.2 Å². The SMILES string of the molecule is CCNC.NC(=O)C1CCCN1C(=O)CCc1c[nH]c2ccccc12. The van der Waals surface area contributed by atoms with Crippen molar-refractivity contribution in [1.82, 2.24) is 15.2 Å². The number of nitrogens with zero attached hydrogens (tertiary/aromatic N) is 1. The number of likely N-dealkylation sites (tertiary alicyclic amines) is 1. The standard InChI is InChI=1S/C16H19N3O2.C3H9N/c17-16(21)14-6-3-9-19(14)15(20)8-7-11-10-18-13-5-2-1-4-12(11)13;1-3-4-2/h1-2,4-5,10,14,18H,3,6-9H2,(H2,17,21);4H,3H2,1-2H3. The second kappa shape index (κ2) is 9.22. The maximum absolute atomic E-state index is 12.3. The van der Waals surface area contributed by atoms with Crippen LogP contribution in [0.3, 0.4) is 0 Å². The second-order valence-electron chi connectivity index (χ2n) is 6.21. The van der Waals surface area contributed by atoms with E-state index in [4.69, 9.17) is 5.73 Å². The van der Waals surface area contributed by atoms with Gasteiger partial charge in [0.25, 0.3) is 0 Å². The van der Waals surface area contributed by atoms with Crippen molar-refractivity contribution in [2.45, 2.75) is 38.6 Å². The first-order valence-corrected chi connectivity index (χ1v) is 8.86. The summed E-state index contributed by atoms with van der Waals surface area (Å²) in [6.45, 7) is 3.78. The fourth-order valence-corrected chi connectivity index (χ4v) is 3.08. The molecule has 1 aliphatic rings. The number of aryl methyl sites for hydroxylation is 1. The number of nitrogens with one attached hydrogen (secondary N) is 2. The predicted molar refractivity (Wildman–Crippen MR) is 100 cm³/mol. The molecule has 1 aliphatic heterocycles. The number of aromatic nitrogens is 1. The smallest absolute Gasteiger partial charge is 0.240 e. The van der Waals surface area contributed by atoms with E-state index < -0.39 is 11.9 Å². The van der Waals surface area contributed by atoms with Gasteiger partial charge in [-0.1, -0.05) is 25.1 Å². The summed E-state index contributed by atoms with van der Waals surface area (Å²) in [6.07, 6.45) is 4.57. The zero-order chi connectivity index (χ0) is 18.2. The van der Waals surface area contributed by atoms with E-state index in [1.54, 1.807) is 4.90 Å². The molecule has 1 aromatic carbocycles. The molecule has 136 valence electrons. The Hall–Kier alpha value is -2.34. The van der Waals surface area contributed by atoms with E-state index in [9.17, 15) is 9.59 Å². The van der Waals surface area contributed by atoms with E-state index in [0.717, 1.165) is 29.4 Å². The molecule has 6 heteroatoms. The summed E-state index contributed by atoms with van der Waals surface area (Å²) in [6, 6.07) is 7.62. The van der Waals surface area contributed by atoms with E-state index >= 15 is 0 Å². The Balaban J connectivity index is 0.000000511. The van der Waals surface area contributed by atoms with Gasteiger partial charge in [-0.2, -0.15) is 0 Å². The third kappa shape index (κ3) is 4.82. The summed E-state index contributed by atoms with van der Waals surface area (Å²) in [5, 5.41) is 4.08. The van der Waals surface area contributed by atoms with Crippen molar-refractivity contribution in [2.75, 3.05) is 20.1 Å². The van der Waals surface area contributed by atoms with Gasteiger partial charge in [-0.05, 0) is 44.5 Å². The predicted octanol–water partition coefficient (Wildman–Crippen LogP) is 1.80. The van der Waals surface area contributed by atoms with Gasteiger partial charge in [0.1, 0.15) is 6.04 Å². The number of benzene rings is 1. The van der Waals surface area contributed by atoms with E-state index in [1.165, 1.54) is 0 Å². The van der Waals surface area contributed by atoms with Gasteiger partial charge >= 0.3 is 0 Å². The van der Waals surface area contributed by atoms with Crippen molar-refractivity contribution in [2.24, 2.45) is 5.73 Å². The number of carbonyl (C=O) groups excluding carboxylic acids is 2. The van der Waals surface area contributed by atoms with Gasteiger partial charge in [0.05, 0.1) is 0 Å². The molecule has 0 saturated carbocycles. The van der Waals surface area contributed by atoms with Gasteiger partial charge in [-0.3, -0.25) is 9.59 Å². The molecular formula is C19H28N4O2. The van der Waals surface area contributed by atoms with Gasteiger partial charge in [0.2, 0.25) is 11.8 Å². The first-order valence-electron chi connectivity index (χ1n) is 8.86. The number of amides is 2. The minimum absolute atomic E-state index is 0.0154. The third-order valence-electron chi connectivity index (χ3n) is 4.54. The van der Waals surface area contributed by atoms with E-state index in [1.807, 2.05) is 37.5 Å². The molecular weight excluding hydrogens is 316 g/mol. The lowest BCUT2D eigenvalue weighted by Crippen LogP contribution is -2.43. The fourth-order valence-electron chi connectivity index (χ4n) is 3.08. The summed E-state index contributed by atoms with van der Waals surface area (Å²) in [7, 11) is 1.93. The van der Waals surface area contributed by atoms with Crippen LogP contribution in [0.5, 0.6) is 0 Å². The minimum atomic E-state index is -0.416. The van der Waals surface area contributed by atoms with Crippen LogP contribution >= 0.6 is 0 Å². The Morgan fingerprint density at radius 1 is 1.36 bits per heavy atom. The zero-order valence-electron chi connectivity index (χ0n) is 15.0. The van der Waals surface area contributed by atoms with Crippen LogP contribution in [0.2, 0.25) is 0 Å². The lowest BCUT2D eigenvalue weighted by atomic mass is 10.1. The van der Waals surface area contributed by atoms with Gasteiger partial charge in [-0.15, -0.1) is 0 Å². The molecule has 1 atom stereocenters. The molecule has 0 aliphatic carbocycles. The Morgan fingerprint density at radius 3 is 2.76 bits per heavy atom. The van der Waals surface area contributed by atoms with Crippen LogP contribution in [-0.4, -0.2) is 47.9 Å². The highest BCUT2D eigenvalue weighted by molar-refractivity contribution is 5.88. The van der Waals surface area contributed by atoms with Crippen molar-refractivity contribution in [1.29, 1.82) is 0 Å². The van der Waals surface area contributed by atoms with Gasteiger partial charge < -0.3 is 20.9 Å². The number of hydrogen-bond donors (Lipinski definition) is 3. The lowest BCUT2D eigenvalue weighted by molar-refractivity contribution is -0.137. The van der Waals surface area contributed by atoms with Crippen molar-refractivity contribution in [3.05, 3.63) is 36.0 Å². The van der Waals surface area contributed by atoms with Crippen LogP contribution in [0.25, 0.3) is 10.9 Å². The Kier molecular flexibility index (Phi) is 7.01. The molecule has 1 unspecified atom stereocenters. The van der Waals surface area contributed by atoms with Gasteiger partial charge in [0.15, 0.2) is 0 Å². The van der Waals surface area contributed by atoms with E-state index in [-0.39, 0.29) is 5.91 Å². The van der Waals surface area contributed by atoms with Crippen molar-refractivity contribution >= 4 is 22.7 Å². The van der Waals surface area contributed by atoms with Crippen LogP contribution in [0.1, 0.15) is 31.7 Å². The molecule has 1 saturated heterocycles. The molecule has 6 nitrogen and oxygen atoms in total. The highest BCUT2D eigenvalue weighted by Crippen LogP contribution is 2.21. The molecule has 25 heavy (non-hydrogen) atoms. The van der Waals surface area contributed by atoms with Crippen LogP contribution < -0.4 is 11.1 Å². The number of rotatable bonds is 5. The van der Waals surface area contributed by atoms with Crippen LogP contribution in [0.15, 0.2) is 30.5 Å². The summed E-state index contributed by atoms with van der Waals surface area (Å²) in [5.41, 5.74) is 7.57. The van der Waals surface area contributed by atoms with Crippen LogP contribution in [-0.2, 0) is 16.0 Å². The number of primary amides is 1. The Bertz CT molecular complexity index is 708. The Morgan fingerprint density at radius 2 is 2.08 bits per heavy atom. The maximum atomic E-state index is 12.3. The van der Waals surface area contributed by atoms with Crippen LogP contribution in [0.4, 0.5) is 0 Å². The number of aromatic amines is 1. The minimum Gasteiger partial charge on any atom is -0.368 e. The zero-order valence-corrected chi connectivity index (χ0v) is 15.0. The molecule has 1 fully saturated rings. The van der Waals surface area contributed by atoms with Crippen molar-refractivity contribution < 1.29 is 9.59 Å². The number of carbonyl (C=O) groups is 2. The number of H-pyrrole nitrogens is 1.